The van der Waals surface area contributed by atoms with E-state index in [2.05, 4.69) is 61.0 Å². The zero-order valence-electron chi connectivity index (χ0n) is 18.0. The van der Waals surface area contributed by atoms with E-state index in [1.54, 1.807) is 0 Å². The third-order valence-corrected chi connectivity index (χ3v) is 4.83. The van der Waals surface area contributed by atoms with Crippen molar-refractivity contribution in [2.75, 3.05) is 23.8 Å². The Morgan fingerprint density at radius 3 is 2.33 bits per heavy atom. The molecule has 5 N–H and O–H groups in total. The largest absolute Gasteiger partial charge is 0.494 e. The summed E-state index contributed by atoms with van der Waals surface area (Å²) in [6.07, 6.45) is 3.06. The second-order valence-corrected chi connectivity index (χ2v) is 8.98. The summed E-state index contributed by atoms with van der Waals surface area (Å²) in [4.78, 5) is 0. The summed E-state index contributed by atoms with van der Waals surface area (Å²) in [5, 5.41) is 10.3. The fraction of sp³-hybridized carbons (Fsp3) is 0.391. The normalized spacial score (nSPS) is 10.9. The lowest BCUT2D eigenvalue weighted by molar-refractivity contribution is 0.305. The molecular formula is C23H32N4OS2. The molecule has 0 atom stereocenters. The second-order valence-electron chi connectivity index (χ2n) is 8.13. The van der Waals surface area contributed by atoms with Gasteiger partial charge in [-0.05, 0) is 78.9 Å². The Hall–Kier alpha value is -2.38. The summed E-state index contributed by atoms with van der Waals surface area (Å²) < 4.78 is 5.79. The molecule has 0 saturated carbocycles. The molecule has 162 valence electrons. The molecule has 5 nitrogen and oxygen atoms in total. The Bertz CT molecular complexity index is 832. The van der Waals surface area contributed by atoms with Gasteiger partial charge < -0.3 is 26.4 Å². The lowest BCUT2D eigenvalue weighted by Gasteiger charge is -2.19. The van der Waals surface area contributed by atoms with Crippen LogP contribution < -0.4 is 26.4 Å². The second kappa shape index (κ2) is 11.7. The number of benzene rings is 2. The maximum Gasteiger partial charge on any atom is 0.170 e. The van der Waals surface area contributed by atoms with Gasteiger partial charge in [-0.15, -0.1) is 0 Å². The van der Waals surface area contributed by atoms with E-state index in [4.69, 9.17) is 34.9 Å². The molecule has 0 heterocycles. The van der Waals surface area contributed by atoms with Gasteiger partial charge in [-0.1, -0.05) is 39.0 Å². The van der Waals surface area contributed by atoms with Gasteiger partial charge in [0.05, 0.1) is 6.61 Å². The number of nitrogens with one attached hydrogen (secondary N) is 3. The number of hydrogen-bond donors (Lipinski definition) is 4. The molecule has 0 bridgehead atoms. The van der Waals surface area contributed by atoms with Crippen LogP contribution in [0.15, 0.2) is 48.5 Å². The first-order chi connectivity index (χ1) is 14.2. The summed E-state index contributed by atoms with van der Waals surface area (Å²) in [6, 6.07) is 16.0. The standard InChI is InChI=1S/C23H32N4OS2/c1-23(2,3)17-10-12-18(13-11-17)27-22(30)25-14-5-4-6-15-28-20-9-7-8-19(16-20)26-21(24)29/h7-13,16H,4-6,14-15H2,1-3H3,(H3,24,26,29)(H2,25,27,30). The van der Waals surface area contributed by atoms with Crippen molar-refractivity contribution in [3.8, 4) is 5.75 Å². The summed E-state index contributed by atoms with van der Waals surface area (Å²) in [7, 11) is 0. The van der Waals surface area contributed by atoms with Gasteiger partial charge in [0.25, 0.3) is 0 Å². The molecule has 2 rings (SSSR count). The van der Waals surface area contributed by atoms with Crippen LogP contribution in [-0.4, -0.2) is 23.4 Å². The van der Waals surface area contributed by atoms with Gasteiger partial charge in [0.1, 0.15) is 5.75 Å². The van der Waals surface area contributed by atoms with E-state index in [0.717, 1.165) is 42.9 Å². The zero-order chi connectivity index (χ0) is 22.0. The van der Waals surface area contributed by atoms with Gasteiger partial charge in [-0.2, -0.15) is 0 Å². The number of hydrogen-bond acceptors (Lipinski definition) is 3. The van der Waals surface area contributed by atoms with Crippen molar-refractivity contribution < 1.29 is 4.74 Å². The number of unbranched alkanes of at least 4 members (excludes halogenated alkanes) is 2. The van der Waals surface area contributed by atoms with E-state index in [1.807, 2.05) is 24.3 Å². The monoisotopic (exact) mass is 444 g/mol. The van der Waals surface area contributed by atoms with Crippen molar-refractivity contribution in [2.45, 2.75) is 45.4 Å². The van der Waals surface area contributed by atoms with Crippen LogP contribution in [0.5, 0.6) is 5.75 Å². The van der Waals surface area contributed by atoms with E-state index in [0.29, 0.717) is 11.7 Å². The SMILES string of the molecule is CC(C)(C)c1ccc(NC(=S)NCCCCCOc2cccc(NC(N)=S)c2)cc1. The molecule has 0 amide bonds. The predicted octanol–water partition coefficient (Wildman–Crippen LogP) is 5.18. The van der Waals surface area contributed by atoms with E-state index in [-0.39, 0.29) is 10.5 Å². The van der Waals surface area contributed by atoms with E-state index in [1.165, 1.54) is 5.56 Å². The molecule has 0 fully saturated rings. The van der Waals surface area contributed by atoms with Gasteiger partial charge in [0.2, 0.25) is 0 Å². The van der Waals surface area contributed by atoms with Crippen LogP contribution in [-0.2, 0) is 5.41 Å². The van der Waals surface area contributed by atoms with Crippen LogP contribution in [0.25, 0.3) is 0 Å². The van der Waals surface area contributed by atoms with Crippen molar-refractivity contribution in [3.05, 3.63) is 54.1 Å². The van der Waals surface area contributed by atoms with Crippen molar-refractivity contribution in [1.82, 2.24) is 5.32 Å². The summed E-state index contributed by atoms with van der Waals surface area (Å²) in [6.45, 7) is 8.12. The van der Waals surface area contributed by atoms with Crippen molar-refractivity contribution in [2.24, 2.45) is 5.73 Å². The Kier molecular flexibility index (Phi) is 9.33. The predicted molar refractivity (Wildman–Crippen MR) is 136 cm³/mol. The molecule has 30 heavy (non-hydrogen) atoms. The third-order valence-electron chi connectivity index (χ3n) is 4.49. The number of ether oxygens (including phenoxy) is 1. The highest BCUT2D eigenvalue weighted by atomic mass is 32.1. The van der Waals surface area contributed by atoms with Crippen LogP contribution in [0.1, 0.15) is 45.6 Å². The molecule has 2 aromatic carbocycles. The molecule has 0 radical (unpaired) electrons. The van der Waals surface area contributed by atoms with Crippen LogP contribution in [0.2, 0.25) is 0 Å². The first kappa shape index (κ1) is 23.9. The molecule has 0 aromatic heterocycles. The number of nitrogens with two attached hydrogens (primary N) is 1. The van der Waals surface area contributed by atoms with Crippen LogP contribution in [0.4, 0.5) is 11.4 Å². The Morgan fingerprint density at radius 2 is 1.67 bits per heavy atom. The van der Waals surface area contributed by atoms with Gasteiger partial charge in [-0.25, -0.2) is 0 Å². The molecule has 0 aliphatic carbocycles. The molecular weight excluding hydrogens is 412 g/mol. The van der Waals surface area contributed by atoms with Gasteiger partial charge in [0, 0.05) is 24.0 Å². The minimum Gasteiger partial charge on any atom is -0.494 e. The first-order valence-corrected chi connectivity index (χ1v) is 11.0. The Labute approximate surface area is 190 Å². The first-order valence-electron chi connectivity index (χ1n) is 10.2. The van der Waals surface area contributed by atoms with Gasteiger partial charge in [-0.3, -0.25) is 0 Å². The molecule has 0 unspecified atom stereocenters. The quantitative estimate of drug-likeness (QED) is 0.314. The maximum atomic E-state index is 5.79. The lowest BCUT2D eigenvalue weighted by atomic mass is 9.87. The average molecular weight is 445 g/mol. The molecule has 7 heteroatoms. The summed E-state index contributed by atoms with van der Waals surface area (Å²) >= 11 is 10.2. The van der Waals surface area contributed by atoms with Crippen LogP contribution in [0.3, 0.4) is 0 Å². The highest BCUT2D eigenvalue weighted by Gasteiger charge is 2.12. The van der Waals surface area contributed by atoms with Gasteiger partial charge >= 0.3 is 0 Å². The summed E-state index contributed by atoms with van der Waals surface area (Å²) in [5.74, 6) is 0.803. The number of rotatable bonds is 9. The highest BCUT2D eigenvalue weighted by molar-refractivity contribution is 7.80. The maximum absolute atomic E-state index is 5.79. The minimum absolute atomic E-state index is 0.151. The van der Waals surface area contributed by atoms with E-state index in [9.17, 15) is 0 Å². The van der Waals surface area contributed by atoms with Crippen molar-refractivity contribution in [1.29, 1.82) is 0 Å². The highest BCUT2D eigenvalue weighted by Crippen LogP contribution is 2.23. The zero-order valence-corrected chi connectivity index (χ0v) is 19.6. The van der Waals surface area contributed by atoms with E-state index < -0.39 is 0 Å². The molecule has 2 aromatic rings. The number of thiocarbonyl (C=S) groups is 2. The molecule has 0 aliphatic heterocycles. The smallest absolute Gasteiger partial charge is 0.170 e. The molecule has 0 saturated heterocycles. The topological polar surface area (TPSA) is 71.3 Å². The minimum atomic E-state index is 0.151. The molecule has 0 aliphatic rings. The van der Waals surface area contributed by atoms with Crippen LogP contribution in [0, 0.1) is 0 Å². The Balaban J connectivity index is 1.58. The fourth-order valence-electron chi connectivity index (χ4n) is 2.83. The average Bonchev–Trinajstić information content (AvgIpc) is 2.67. The number of anilines is 2. The Morgan fingerprint density at radius 1 is 0.933 bits per heavy atom. The van der Waals surface area contributed by atoms with Crippen molar-refractivity contribution >= 4 is 46.0 Å². The van der Waals surface area contributed by atoms with Crippen molar-refractivity contribution in [3.63, 3.8) is 0 Å². The molecule has 0 spiro atoms. The third kappa shape index (κ3) is 8.97. The van der Waals surface area contributed by atoms with Crippen LogP contribution >= 0.6 is 24.4 Å². The fourth-order valence-corrected chi connectivity index (χ4v) is 3.17. The van der Waals surface area contributed by atoms with Gasteiger partial charge in [0.15, 0.2) is 10.2 Å². The summed E-state index contributed by atoms with van der Waals surface area (Å²) in [5.41, 5.74) is 8.78. The van der Waals surface area contributed by atoms with E-state index >= 15 is 0 Å². The lowest BCUT2D eigenvalue weighted by Crippen LogP contribution is -2.29.